The van der Waals surface area contributed by atoms with E-state index in [2.05, 4.69) is 98.8 Å². The van der Waals surface area contributed by atoms with Crippen molar-refractivity contribution in [2.45, 2.75) is 0 Å². The average molecular weight is 299 g/mol. The molecule has 0 saturated heterocycles. The summed E-state index contributed by atoms with van der Waals surface area (Å²) >= 11 is 0. The van der Waals surface area contributed by atoms with Crippen molar-refractivity contribution in [2.75, 3.05) is 0 Å². The fraction of sp³-hybridized carbons (Fsp3) is 0. The minimum atomic E-state index is -0.446. The molecule has 0 atom stereocenters. The van der Waals surface area contributed by atoms with Gasteiger partial charge in [-0.15, -0.1) is 0 Å². The van der Waals surface area contributed by atoms with Crippen LogP contribution in [0, 0.1) is 11.2 Å². The molecule has 3 aromatic carbocycles. The van der Waals surface area contributed by atoms with Gasteiger partial charge in [0.2, 0.25) is 7.85 Å². The van der Waals surface area contributed by atoms with Gasteiger partial charge in [-0.1, -0.05) is 91.0 Å². The van der Waals surface area contributed by atoms with E-state index in [0.717, 1.165) is 0 Å². The summed E-state index contributed by atoms with van der Waals surface area (Å²) in [4.78, 5) is 0. The van der Waals surface area contributed by atoms with E-state index in [1.54, 1.807) is 0 Å². The predicted octanol–water partition coefficient (Wildman–Crippen LogP) is 3.08. The second kappa shape index (κ2) is 8.83. The largest absolute Gasteiger partial charge is 0.229 e. The van der Waals surface area contributed by atoms with Crippen molar-refractivity contribution in [1.82, 2.24) is 0 Å². The molecule has 3 heteroatoms. The Bertz CT molecular complexity index is 615. The summed E-state index contributed by atoms with van der Waals surface area (Å²) in [5.41, 5.74) is 0. The van der Waals surface area contributed by atoms with E-state index in [1.165, 1.54) is 21.9 Å². The van der Waals surface area contributed by atoms with Gasteiger partial charge in [0.1, 0.15) is 0 Å². The molecule has 0 saturated carbocycles. The van der Waals surface area contributed by atoms with E-state index in [0.29, 0.717) is 0 Å². The van der Waals surface area contributed by atoms with Crippen molar-refractivity contribution in [3.8, 4) is 5.97 Å². The van der Waals surface area contributed by atoms with Gasteiger partial charge in [-0.05, 0) is 29.8 Å². The Morgan fingerprint density at radius 2 is 0.818 bits per heavy atom. The molecule has 0 unspecified atom stereocenters. The summed E-state index contributed by atoms with van der Waals surface area (Å²) in [7, 11) is 3.71. The lowest BCUT2D eigenvalue weighted by Gasteiger charge is -2.18. The van der Waals surface area contributed by atoms with Gasteiger partial charge in [0.25, 0.3) is 0 Å². The van der Waals surface area contributed by atoms with Crippen molar-refractivity contribution in [3.63, 3.8) is 0 Å². The van der Waals surface area contributed by atoms with Crippen molar-refractivity contribution < 1.29 is 0 Å². The molecule has 0 heterocycles. The molecule has 0 aliphatic carbocycles. The Labute approximate surface area is 134 Å². The number of nitrogens with zero attached hydrogens (tertiary/aromatic N) is 1. The standard InChI is InChI=1S/C18H15P.CBN/c1-4-10-16(11-5-1)19(17-12-6-2-7-13-17)18-14-8-3-9-15-18;2-1-3/h1-15H;. The van der Waals surface area contributed by atoms with E-state index in [1.807, 2.05) is 0 Å². The third-order valence-electron chi connectivity index (χ3n) is 3.04. The molecule has 0 bridgehead atoms. The third kappa shape index (κ3) is 4.32. The van der Waals surface area contributed by atoms with E-state index < -0.39 is 7.92 Å². The first-order chi connectivity index (χ1) is 10.9. The normalized spacial score (nSPS) is 9.45. The molecule has 0 spiro atoms. The van der Waals surface area contributed by atoms with Crippen LogP contribution in [0.15, 0.2) is 91.0 Å². The van der Waals surface area contributed by atoms with E-state index >= 15 is 0 Å². The monoisotopic (exact) mass is 299 g/mol. The molecule has 0 aliphatic rings. The SMILES string of the molecule is [B]C#N.c1ccc(P(c2ccccc2)c2ccccc2)cc1. The van der Waals surface area contributed by atoms with Crippen LogP contribution in [-0.4, -0.2) is 7.85 Å². The average Bonchev–Trinajstić information content (AvgIpc) is 2.59. The van der Waals surface area contributed by atoms with Crippen molar-refractivity contribution in [3.05, 3.63) is 91.0 Å². The van der Waals surface area contributed by atoms with Crippen molar-refractivity contribution >= 4 is 31.7 Å². The van der Waals surface area contributed by atoms with Crippen LogP contribution in [0.5, 0.6) is 0 Å². The van der Waals surface area contributed by atoms with Crippen LogP contribution in [0.4, 0.5) is 0 Å². The van der Waals surface area contributed by atoms with Crippen LogP contribution < -0.4 is 15.9 Å². The first-order valence-corrected chi connectivity index (χ1v) is 8.26. The van der Waals surface area contributed by atoms with Crippen molar-refractivity contribution in [1.29, 1.82) is 5.26 Å². The smallest absolute Gasteiger partial charge is 0.214 e. The summed E-state index contributed by atoms with van der Waals surface area (Å²) in [5, 5.41) is 11.3. The summed E-state index contributed by atoms with van der Waals surface area (Å²) in [5.74, 6) is 1.25. The molecule has 2 radical (unpaired) electrons. The van der Waals surface area contributed by atoms with Gasteiger partial charge in [0.05, 0.1) is 0 Å². The van der Waals surface area contributed by atoms with E-state index in [9.17, 15) is 0 Å². The highest BCUT2D eigenvalue weighted by Crippen LogP contribution is 2.32. The predicted molar refractivity (Wildman–Crippen MR) is 96.5 cm³/mol. The second-order valence-electron chi connectivity index (χ2n) is 4.47. The number of benzene rings is 3. The first kappa shape index (κ1) is 16.0. The minimum absolute atomic E-state index is 0.446. The second-order valence-corrected chi connectivity index (χ2v) is 6.69. The lowest BCUT2D eigenvalue weighted by molar-refractivity contribution is 1.57. The maximum absolute atomic E-state index is 7.10. The Morgan fingerprint density at radius 1 is 0.591 bits per heavy atom. The van der Waals surface area contributed by atoms with Gasteiger partial charge < -0.3 is 0 Å². The Hall–Kier alpha value is -2.36. The van der Waals surface area contributed by atoms with E-state index in [4.69, 9.17) is 5.26 Å². The highest BCUT2D eigenvalue weighted by atomic mass is 31.1. The van der Waals surface area contributed by atoms with E-state index in [-0.39, 0.29) is 0 Å². The Morgan fingerprint density at radius 3 is 1.05 bits per heavy atom. The summed E-state index contributed by atoms with van der Waals surface area (Å²) in [6, 6.07) is 32.3. The lowest BCUT2D eigenvalue weighted by Crippen LogP contribution is -2.20. The van der Waals surface area contributed by atoms with Gasteiger partial charge in [-0.2, -0.15) is 0 Å². The van der Waals surface area contributed by atoms with Crippen LogP contribution in [0.25, 0.3) is 0 Å². The van der Waals surface area contributed by atoms with Gasteiger partial charge >= 0.3 is 0 Å². The number of hydrogen-bond acceptors (Lipinski definition) is 1. The molecule has 3 rings (SSSR count). The highest BCUT2D eigenvalue weighted by Gasteiger charge is 2.14. The zero-order chi connectivity index (χ0) is 15.6. The summed E-state index contributed by atoms with van der Waals surface area (Å²) in [6.45, 7) is 0. The van der Waals surface area contributed by atoms with Gasteiger partial charge in [0, 0.05) is 0 Å². The Kier molecular flexibility index (Phi) is 6.43. The molecule has 3 aromatic rings. The molecule has 0 fully saturated rings. The molecule has 0 aliphatic heterocycles. The number of hydrogen-bond donors (Lipinski definition) is 0. The molecule has 0 amide bonds. The summed E-state index contributed by atoms with van der Waals surface area (Å²) in [6.07, 6.45) is 0. The minimum Gasteiger partial charge on any atom is -0.214 e. The zero-order valence-electron chi connectivity index (χ0n) is 12.1. The van der Waals surface area contributed by atoms with Gasteiger partial charge in [-0.25, -0.2) is 5.26 Å². The molecular weight excluding hydrogens is 284 g/mol. The van der Waals surface area contributed by atoms with Crippen LogP contribution in [-0.2, 0) is 0 Å². The molecular formula is C19H15BNP. The number of rotatable bonds is 3. The maximum atomic E-state index is 7.10. The molecule has 0 N–H and O–H groups in total. The van der Waals surface area contributed by atoms with Crippen LogP contribution in [0.1, 0.15) is 0 Å². The first-order valence-electron chi connectivity index (χ1n) is 6.92. The molecule has 104 valence electrons. The Balaban J connectivity index is 0.000000545. The zero-order valence-corrected chi connectivity index (χ0v) is 13.0. The third-order valence-corrected chi connectivity index (χ3v) is 5.49. The molecule has 1 nitrogen and oxygen atoms in total. The fourth-order valence-corrected chi connectivity index (χ4v) is 4.48. The van der Waals surface area contributed by atoms with Gasteiger partial charge in [-0.3, -0.25) is 0 Å². The van der Waals surface area contributed by atoms with Crippen LogP contribution in [0.3, 0.4) is 0 Å². The van der Waals surface area contributed by atoms with Crippen LogP contribution in [0.2, 0.25) is 0 Å². The lowest BCUT2D eigenvalue weighted by atomic mass is 10.2. The fourth-order valence-electron chi connectivity index (χ4n) is 2.18. The topological polar surface area (TPSA) is 23.8 Å². The molecule has 0 aromatic heterocycles. The maximum Gasteiger partial charge on any atom is 0.229 e. The molecule has 22 heavy (non-hydrogen) atoms. The van der Waals surface area contributed by atoms with Crippen LogP contribution >= 0.6 is 7.92 Å². The van der Waals surface area contributed by atoms with Crippen molar-refractivity contribution in [2.24, 2.45) is 0 Å². The van der Waals surface area contributed by atoms with Gasteiger partial charge in [0.15, 0.2) is 0 Å². The number of nitriles is 1. The summed E-state index contributed by atoms with van der Waals surface area (Å²) < 4.78 is 0. The quantitative estimate of drug-likeness (QED) is 0.538. The highest BCUT2D eigenvalue weighted by molar-refractivity contribution is 7.79.